The molecule has 1 aliphatic heterocycles. The summed E-state index contributed by atoms with van der Waals surface area (Å²) < 4.78 is 0. The highest BCUT2D eigenvalue weighted by Gasteiger charge is 2.26. The largest absolute Gasteiger partial charge is 0.349 e. The average Bonchev–Trinajstić information content (AvgIpc) is 3.02. The maximum atomic E-state index is 12.6. The Morgan fingerprint density at radius 1 is 1.32 bits per heavy atom. The first-order chi connectivity index (χ1) is 11.0. The van der Waals surface area contributed by atoms with Gasteiger partial charge in [-0.15, -0.1) is 36.2 Å². The fourth-order valence-electron chi connectivity index (χ4n) is 2.99. The number of carbonyl (C=O) groups is 1. The minimum atomic E-state index is -0.123. The summed E-state index contributed by atoms with van der Waals surface area (Å²) in [4.78, 5) is 17.7. The van der Waals surface area contributed by atoms with Crippen LogP contribution in [0.4, 0.5) is 0 Å². The molecule has 2 aromatic rings. The van der Waals surface area contributed by atoms with Crippen LogP contribution in [0.3, 0.4) is 0 Å². The van der Waals surface area contributed by atoms with Gasteiger partial charge in [-0.05, 0) is 24.1 Å². The molecule has 1 atom stereocenters. The van der Waals surface area contributed by atoms with Crippen molar-refractivity contribution in [3.05, 3.63) is 51.5 Å². The Morgan fingerprint density at radius 3 is 2.76 bits per heavy atom. The van der Waals surface area contributed by atoms with Gasteiger partial charge in [0.2, 0.25) is 0 Å². The van der Waals surface area contributed by atoms with Gasteiger partial charge in [-0.25, -0.2) is 4.98 Å². The predicted octanol–water partition coefficient (Wildman–Crippen LogP) is 3.90. The molecule has 7 heteroatoms. The molecule has 2 N–H and O–H groups in total. The molecule has 3 rings (SSSR count). The number of carbonyl (C=O) groups excluding carboxylic acids is 1. The number of hydrogen-bond donors (Lipinski definition) is 2. The number of benzene rings is 1. The molecule has 138 valence electrons. The minimum absolute atomic E-state index is 0. The zero-order valence-electron chi connectivity index (χ0n) is 14.7. The summed E-state index contributed by atoms with van der Waals surface area (Å²) in [6.45, 7) is 7.79. The number of thiazole rings is 1. The van der Waals surface area contributed by atoms with Crippen LogP contribution in [-0.4, -0.2) is 24.0 Å². The molecule has 1 amide bonds. The van der Waals surface area contributed by atoms with Crippen LogP contribution < -0.4 is 10.6 Å². The molecule has 2 heterocycles. The predicted molar refractivity (Wildman–Crippen MR) is 109 cm³/mol. The van der Waals surface area contributed by atoms with Crippen molar-refractivity contribution in [2.75, 3.05) is 13.1 Å². The first kappa shape index (κ1) is 21.9. The third kappa shape index (κ3) is 4.94. The molecular weight excluding hydrogens is 377 g/mol. The van der Waals surface area contributed by atoms with E-state index in [-0.39, 0.29) is 42.2 Å². The Bertz CT molecular complexity index is 712. The molecule has 1 aromatic heterocycles. The maximum absolute atomic E-state index is 12.6. The molecule has 0 fully saturated rings. The molecule has 0 bridgehead atoms. The third-order valence-electron chi connectivity index (χ3n) is 4.17. The number of hydrogen-bond acceptors (Lipinski definition) is 4. The van der Waals surface area contributed by atoms with Crippen LogP contribution in [-0.2, 0) is 11.8 Å². The summed E-state index contributed by atoms with van der Waals surface area (Å²) in [5.74, 6) is -0.0257. The van der Waals surface area contributed by atoms with Gasteiger partial charge in [0.05, 0.1) is 11.2 Å². The van der Waals surface area contributed by atoms with E-state index in [9.17, 15) is 4.79 Å². The second-order valence-electron chi connectivity index (χ2n) is 6.95. The molecule has 0 radical (unpaired) electrons. The van der Waals surface area contributed by atoms with Gasteiger partial charge in [-0.1, -0.05) is 45.0 Å². The first-order valence-electron chi connectivity index (χ1n) is 8.00. The van der Waals surface area contributed by atoms with Gasteiger partial charge >= 0.3 is 0 Å². The van der Waals surface area contributed by atoms with Crippen LogP contribution in [0.2, 0.25) is 0 Å². The summed E-state index contributed by atoms with van der Waals surface area (Å²) in [5, 5.41) is 6.57. The zero-order chi connectivity index (χ0) is 16.4. The fraction of sp³-hybridized carbons (Fsp3) is 0.444. The Balaban J connectivity index is 0.00000156. The van der Waals surface area contributed by atoms with Crippen molar-refractivity contribution in [2.45, 2.75) is 38.6 Å². The van der Waals surface area contributed by atoms with Gasteiger partial charge in [0.1, 0.15) is 4.88 Å². The highest BCUT2D eigenvalue weighted by molar-refractivity contribution is 7.11. The number of amides is 1. The Labute approximate surface area is 165 Å². The molecule has 0 saturated heterocycles. The standard InChI is InChI=1S/C18H23N3OS.2ClH/c1-18(2,3)16-15(23-11-21-16)17(22)20-10-14-13-7-5-4-6-12(13)8-9-19-14;;/h4-7,11,14,19H,8-10H2,1-3H3,(H,20,22);2*1H. The van der Waals surface area contributed by atoms with Crippen molar-refractivity contribution in [3.63, 3.8) is 0 Å². The van der Waals surface area contributed by atoms with E-state index in [0.29, 0.717) is 6.54 Å². The molecule has 0 spiro atoms. The number of nitrogens with zero attached hydrogens (tertiary/aromatic N) is 1. The first-order valence-corrected chi connectivity index (χ1v) is 8.88. The normalized spacial score (nSPS) is 16.2. The average molecular weight is 402 g/mol. The van der Waals surface area contributed by atoms with E-state index in [4.69, 9.17) is 0 Å². The van der Waals surface area contributed by atoms with Crippen molar-refractivity contribution in [3.8, 4) is 0 Å². The van der Waals surface area contributed by atoms with Gasteiger partial charge in [0.15, 0.2) is 0 Å². The lowest BCUT2D eigenvalue weighted by Gasteiger charge is -2.27. The van der Waals surface area contributed by atoms with Gasteiger partial charge < -0.3 is 10.6 Å². The van der Waals surface area contributed by atoms with Crippen LogP contribution in [0.25, 0.3) is 0 Å². The van der Waals surface area contributed by atoms with E-state index in [1.807, 2.05) is 0 Å². The fourth-order valence-corrected chi connectivity index (χ4v) is 3.90. The van der Waals surface area contributed by atoms with Gasteiger partial charge in [0, 0.05) is 18.0 Å². The molecule has 0 saturated carbocycles. The number of halogens is 2. The summed E-state index contributed by atoms with van der Waals surface area (Å²) in [6.07, 6.45) is 1.05. The highest BCUT2D eigenvalue weighted by atomic mass is 35.5. The van der Waals surface area contributed by atoms with Crippen molar-refractivity contribution < 1.29 is 4.79 Å². The van der Waals surface area contributed by atoms with Gasteiger partial charge in [0.25, 0.3) is 5.91 Å². The Morgan fingerprint density at radius 2 is 2.04 bits per heavy atom. The second-order valence-corrected chi connectivity index (χ2v) is 7.80. The van der Waals surface area contributed by atoms with Crippen LogP contribution in [0, 0.1) is 0 Å². The monoisotopic (exact) mass is 401 g/mol. The van der Waals surface area contributed by atoms with Crippen molar-refractivity contribution in [1.82, 2.24) is 15.6 Å². The van der Waals surface area contributed by atoms with Crippen molar-refractivity contribution in [1.29, 1.82) is 0 Å². The number of nitrogens with one attached hydrogen (secondary N) is 2. The maximum Gasteiger partial charge on any atom is 0.263 e. The van der Waals surface area contributed by atoms with E-state index in [1.165, 1.54) is 22.5 Å². The molecule has 1 aliphatic rings. The van der Waals surface area contributed by atoms with E-state index in [1.54, 1.807) is 5.51 Å². The smallest absolute Gasteiger partial charge is 0.263 e. The minimum Gasteiger partial charge on any atom is -0.349 e. The van der Waals surface area contributed by atoms with Gasteiger partial charge in [-0.2, -0.15) is 0 Å². The van der Waals surface area contributed by atoms with Crippen LogP contribution in [0.1, 0.15) is 53.3 Å². The van der Waals surface area contributed by atoms with E-state index in [2.05, 4.69) is 60.7 Å². The molecule has 1 aromatic carbocycles. The highest BCUT2D eigenvalue weighted by Crippen LogP contribution is 2.27. The number of rotatable bonds is 3. The summed E-state index contributed by atoms with van der Waals surface area (Å²) in [6, 6.07) is 8.63. The lowest BCUT2D eigenvalue weighted by Crippen LogP contribution is -2.39. The summed E-state index contributed by atoms with van der Waals surface area (Å²) in [5.41, 5.74) is 5.17. The Hall–Kier alpha value is -1.14. The summed E-state index contributed by atoms with van der Waals surface area (Å²) in [7, 11) is 0. The topological polar surface area (TPSA) is 54.0 Å². The molecular formula is C18H25Cl2N3OS. The van der Waals surface area contributed by atoms with Crippen LogP contribution >= 0.6 is 36.2 Å². The van der Waals surface area contributed by atoms with Crippen molar-refractivity contribution in [2.24, 2.45) is 0 Å². The number of fused-ring (bicyclic) bond motifs is 1. The number of aromatic nitrogens is 1. The van der Waals surface area contributed by atoms with E-state index >= 15 is 0 Å². The zero-order valence-corrected chi connectivity index (χ0v) is 17.1. The third-order valence-corrected chi connectivity index (χ3v) is 4.99. The second kappa shape index (κ2) is 8.99. The van der Waals surface area contributed by atoms with Crippen LogP contribution in [0.5, 0.6) is 0 Å². The Kier molecular flexibility index (Phi) is 7.88. The van der Waals surface area contributed by atoms with Crippen molar-refractivity contribution >= 4 is 42.1 Å². The molecule has 1 unspecified atom stereocenters. The SMILES string of the molecule is CC(C)(C)c1ncsc1C(=O)NCC1NCCc2ccccc21.Cl.Cl. The molecule has 25 heavy (non-hydrogen) atoms. The van der Waals surface area contributed by atoms with Gasteiger partial charge in [-0.3, -0.25) is 4.79 Å². The van der Waals surface area contributed by atoms with E-state index in [0.717, 1.165) is 23.5 Å². The van der Waals surface area contributed by atoms with E-state index < -0.39 is 0 Å². The lowest BCUT2D eigenvalue weighted by atomic mass is 9.91. The molecule has 0 aliphatic carbocycles. The lowest BCUT2D eigenvalue weighted by molar-refractivity contribution is 0.0951. The summed E-state index contributed by atoms with van der Waals surface area (Å²) >= 11 is 1.41. The molecule has 4 nitrogen and oxygen atoms in total. The quantitative estimate of drug-likeness (QED) is 0.819. The van der Waals surface area contributed by atoms with Crippen LogP contribution in [0.15, 0.2) is 29.8 Å².